The molecule has 4 heteroatoms. The van der Waals surface area contributed by atoms with E-state index in [1.807, 2.05) is 44.2 Å². The highest BCUT2D eigenvalue weighted by Crippen LogP contribution is 2.39. The number of halogens is 2. The predicted molar refractivity (Wildman–Crippen MR) is 136 cm³/mol. The molecule has 0 bridgehead atoms. The molecule has 176 valence electrons. The molecular formula is C29H34ClFO2. The fourth-order valence-corrected chi connectivity index (χ4v) is 4.49. The van der Waals surface area contributed by atoms with E-state index in [1.54, 1.807) is 19.2 Å². The van der Waals surface area contributed by atoms with Gasteiger partial charge in [0.2, 0.25) is 0 Å². The van der Waals surface area contributed by atoms with Gasteiger partial charge in [-0.05, 0) is 59.2 Å². The molecule has 0 amide bonds. The summed E-state index contributed by atoms with van der Waals surface area (Å²) in [7, 11) is 1.69. The first-order chi connectivity index (χ1) is 15.6. The quantitative estimate of drug-likeness (QED) is 0.313. The van der Waals surface area contributed by atoms with E-state index in [2.05, 4.69) is 39.0 Å². The van der Waals surface area contributed by atoms with Gasteiger partial charge in [-0.15, -0.1) is 0 Å². The number of hydrogen-bond donors (Lipinski definition) is 0. The summed E-state index contributed by atoms with van der Waals surface area (Å²) >= 11 is 6.73. The Morgan fingerprint density at radius 2 is 1.67 bits per heavy atom. The van der Waals surface area contributed by atoms with Crippen molar-refractivity contribution >= 4 is 11.6 Å². The molecular weight excluding hydrogens is 435 g/mol. The zero-order valence-electron chi connectivity index (χ0n) is 20.4. The summed E-state index contributed by atoms with van der Waals surface area (Å²) in [5.41, 5.74) is 4.01. The van der Waals surface area contributed by atoms with Gasteiger partial charge < -0.3 is 9.47 Å². The molecule has 3 aromatic rings. The summed E-state index contributed by atoms with van der Waals surface area (Å²) < 4.78 is 25.6. The molecule has 0 aliphatic carbocycles. The molecule has 0 radical (unpaired) electrons. The number of para-hydroxylation sites is 1. The Labute approximate surface area is 202 Å². The van der Waals surface area contributed by atoms with Crippen molar-refractivity contribution in [3.05, 3.63) is 93.8 Å². The van der Waals surface area contributed by atoms with E-state index in [4.69, 9.17) is 21.1 Å². The van der Waals surface area contributed by atoms with Gasteiger partial charge in [0.25, 0.3) is 0 Å². The van der Waals surface area contributed by atoms with E-state index in [9.17, 15) is 4.39 Å². The van der Waals surface area contributed by atoms with E-state index < -0.39 is 0 Å². The van der Waals surface area contributed by atoms with Gasteiger partial charge in [-0.2, -0.15) is 0 Å². The Kier molecular flexibility index (Phi) is 8.07. The van der Waals surface area contributed by atoms with Crippen molar-refractivity contribution in [1.29, 1.82) is 0 Å². The third kappa shape index (κ3) is 5.70. The molecule has 0 heterocycles. The van der Waals surface area contributed by atoms with Crippen LogP contribution >= 0.6 is 11.6 Å². The SMILES string of the molecule is COc1ccccc1C(C)(C)c1ccc(C(C)CCOc2ccc(C(C)C)cc2F)c(Cl)c1. The Morgan fingerprint density at radius 3 is 2.30 bits per heavy atom. The van der Waals surface area contributed by atoms with Crippen LogP contribution in [-0.2, 0) is 5.41 Å². The largest absolute Gasteiger partial charge is 0.496 e. The van der Waals surface area contributed by atoms with Crippen LogP contribution in [0.3, 0.4) is 0 Å². The zero-order valence-corrected chi connectivity index (χ0v) is 21.2. The molecule has 2 nitrogen and oxygen atoms in total. The summed E-state index contributed by atoms with van der Waals surface area (Å²) in [4.78, 5) is 0. The average Bonchev–Trinajstić information content (AvgIpc) is 2.79. The minimum atomic E-state index is -0.310. The van der Waals surface area contributed by atoms with Crippen LogP contribution in [0.25, 0.3) is 0 Å². The second kappa shape index (κ2) is 10.6. The van der Waals surface area contributed by atoms with Crippen LogP contribution in [0, 0.1) is 5.82 Å². The molecule has 0 aliphatic heterocycles. The number of benzene rings is 3. The van der Waals surface area contributed by atoms with E-state index in [0.29, 0.717) is 12.4 Å². The van der Waals surface area contributed by atoms with Gasteiger partial charge in [0.15, 0.2) is 11.6 Å². The number of hydrogen-bond acceptors (Lipinski definition) is 2. The lowest BCUT2D eigenvalue weighted by Gasteiger charge is -2.28. The Hall–Kier alpha value is -2.52. The lowest BCUT2D eigenvalue weighted by atomic mass is 9.77. The minimum Gasteiger partial charge on any atom is -0.496 e. The van der Waals surface area contributed by atoms with Gasteiger partial charge in [0.05, 0.1) is 13.7 Å². The monoisotopic (exact) mass is 468 g/mol. The topological polar surface area (TPSA) is 18.5 Å². The molecule has 0 saturated carbocycles. The number of rotatable bonds is 9. The molecule has 0 fully saturated rings. The molecule has 0 spiro atoms. The van der Waals surface area contributed by atoms with Gasteiger partial charge in [0.1, 0.15) is 5.75 Å². The van der Waals surface area contributed by atoms with Crippen LogP contribution < -0.4 is 9.47 Å². The van der Waals surface area contributed by atoms with E-state index in [1.165, 1.54) is 0 Å². The molecule has 33 heavy (non-hydrogen) atoms. The zero-order chi connectivity index (χ0) is 24.2. The fraction of sp³-hybridized carbons (Fsp3) is 0.379. The maximum atomic E-state index is 14.3. The highest BCUT2D eigenvalue weighted by molar-refractivity contribution is 6.31. The smallest absolute Gasteiger partial charge is 0.165 e. The summed E-state index contributed by atoms with van der Waals surface area (Å²) in [5, 5.41) is 0.732. The second-order valence-electron chi connectivity index (χ2n) is 9.44. The molecule has 0 aromatic heterocycles. The van der Waals surface area contributed by atoms with E-state index in [-0.39, 0.29) is 23.1 Å². The van der Waals surface area contributed by atoms with Gasteiger partial charge in [-0.3, -0.25) is 0 Å². The average molecular weight is 469 g/mol. The van der Waals surface area contributed by atoms with Crippen LogP contribution in [0.4, 0.5) is 4.39 Å². The van der Waals surface area contributed by atoms with Crippen molar-refractivity contribution in [3.63, 3.8) is 0 Å². The van der Waals surface area contributed by atoms with Gasteiger partial charge in [-0.25, -0.2) is 4.39 Å². The van der Waals surface area contributed by atoms with Crippen molar-refractivity contribution in [2.75, 3.05) is 13.7 Å². The third-order valence-corrected chi connectivity index (χ3v) is 6.79. The van der Waals surface area contributed by atoms with Crippen molar-refractivity contribution in [1.82, 2.24) is 0 Å². The molecule has 0 saturated heterocycles. The molecule has 0 N–H and O–H groups in total. The maximum Gasteiger partial charge on any atom is 0.165 e. The van der Waals surface area contributed by atoms with E-state index in [0.717, 1.165) is 39.4 Å². The van der Waals surface area contributed by atoms with Crippen LogP contribution in [0.15, 0.2) is 60.7 Å². The normalized spacial score (nSPS) is 12.6. The first-order valence-electron chi connectivity index (χ1n) is 11.5. The van der Waals surface area contributed by atoms with Crippen molar-refractivity contribution in [2.24, 2.45) is 0 Å². The van der Waals surface area contributed by atoms with Crippen LogP contribution in [0.1, 0.15) is 75.1 Å². The van der Waals surface area contributed by atoms with Gasteiger partial charge in [-0.1, -0.05) is 82.6 Å². The summed E-state index contributed by atoms with van der Waals surface area (Å²) in [6, 6.07) is 19.5. The van der Waals surface area contributed by atoms with Crippen LogP contribution in [0.2, 0.25) is 5.02 Å². The first-order valence-corrected chi connectivity index (χ1v) is 11.9. The minimum absolute atomic E-state index is 0.180. The van der Waals surface area contributed by atoms with Crippen molar-refractivity contribution in [2.45, 2.75) is 58.3 Å². The highest BCUT2D eigenvalue weighted by atomic mass is 35.5. The summed E-state index contributed by atoms with van der Waals surface area (Å²) in [6.07, 6.45) is 0.736. The molecule has 1 atom stereocenters. The first kappa shape index (κ1) is 25.1. The van der Waals surface area contributed by atoms with Gasteiger partial charge in [0, 0.05) is 16.0 Å². The Balaban J connectivity index is 1.69. The van der Waals surface area contributed by atoms with Crippen molar-refractivity contribution < 1.29 is 13.9 Å². The number of ether oxygens (including phenoxy) is 2. The highest BCUT2D eigenvalue weighted by Gasteiger charge is 2.27. The standard InChI is InChI=1S/C29H34ClFO2/c1-19(2)21-11-14-28(26(31)17-21)33-16-15-20(3)23-13-12-22(18-25(23)30)29(4,5)24-9-7-8-10-27(24)32-6/h7-14,17-20H,15-16H2,1-6H3. The number of methoxy groups -OCH3 is 1. The molecule has 3 aromatic carbocycles. The predicted octanol–water partition coefficient (Wildman–Crippen LogP) is 8.51. The summed E-state index contributed by atoms with van der Waals surface area (Å²) in [6.45, 7) is 11.0. The molecule has 0 aliphatic rings. The lowest BCUT2D eigenvalue weighted by molar-refractivity contribution is 0.286. The van der Waals surface area contributed by atoms with Crippen LogP contribution in [0.5, 0.6) is 11.5 Å². The van der Waals surface area contributed by atoms with Crippen molar-refractivity contribution in [3.8, 4) is 11.5 Å². The second-order valence-corrected chi connectivity index (χ2v) is 9.85. The third-order valence-electron chi connectivity index (χ3n) is 6.46. The maximum absolute atomic E-state index is 14.3. The Morgan fingerprint density at radius 1 is 0.939 bits per heavy atom. The molecule has 1 unspecified atom stereocenters. The molecule has 3 rings (SSSR count). The lowest BCUT2D eigenvalue weighted by Crippen LogP contribution is -2.20. The summed E-state index contributed by atoms with van der Waals surface area (Å²) in [5.74, 6) is 1.31. The van der Waals surface area contributed by atoms with Gasteiger partial charge >= 0.3 is 0 Å². The van der Waals surface area contributed by atoms with E-state index >= 15 is 0 Å². The Bertz CT molecular complexity index is 1090. The van der Waals surface area contributed by atoms with Crippen LogP contribution in [-0.4, -0.2) is 13.7 Å². The fourth-order valence-electron chi connectivity index (χ4n) is 4.13.